The number of unbranched alkanes of at least 4 members (excludes halogenated alkanes) is 1. The number of aliphatic hydroxyl groups is 1. The van der Waals surface area contributed by atoms with E-state index in [1.807, 2.05) is 59.7 Å². The number of ether oxygens (including phenoxy) is 2. The van der Waals surface area contributed by atoms with Gasteiger partial charge in [-0.2, -0.15) is 0 Å². The van der Waals surface area contributed by atoms with Crippen molar-refractivity contribution in [1.29, 1.82) is 0 Å². The number of rotatable bonds is 13. The Balaban J connectivity index is 1.87. The van der Waals surface area contributed by atoms with Crippen LogP contribution in [0.2, 0.25) is 0 Å². The maximum atomic E-state index is 15.0. The van der Waals surface area contributed by atoms with Crippen LogP contribution >= 0.6 is 0 Å². The van der Waals surface area contributed by atoms with E-state index in [9.17, 15) is 19.5 Å². The van der Waals surface area contributed by atoms with E-state index < -0.39 is 41.1 Å². The summed E-state index contributed by atoms with van der Waals surface area (Å²) in [5.41, 5.74) is 0.420. The number of carbonyl (C=O) groups excluding carboxylic acids is 3. The van der Waals surface area contributed by atoms with Gasteiger partial charge in [0.05, 0.1) is 30.8 Å². The van der Waals surface area contributed by atoms with Crippen molar-refractivity contribution >= 4 is 23.5 Å². The zero-order valence-corrected chi connectivity index (χ0v) is 26.1. The lowest BCUT2D eigenvalue weighted by molar-refractivity contribution is -0.163. The van der Waals surface area contributed by atoms with E-state index in [1.54, 1.807) is 22.0 Å². The molecule has 3 unspecified atom stereocenters. The summed E-state index contributed by atoms with van der Waals surface area (Å²) in [7, 11) is 0. The van der Waals surface area contributed by atoms with Crippen molar-refractivity contribution in [3.8, 4) is 0 Å². The number of amides is 2. The number of aryl methyl sites for hydroxylation is 2. The number of nitrogens with zero attached hydrogens (tertiary/aromatic N) is 2. The van der Waals surface area contributed by atoms with Crippen LogP contribution in [0.15, 0.2) is 43.5 Å². The number of esters is 1. The fraction of sp³-hybridized carbons (Fsp3) is 0.618. The van der Waals surface area contributed by atoms with Crippen LogP contribution in [-0.2, 0) is 23.9 Å². The van der Waals surface area contributed by atoms with Crippen LogP contribution in [0.1, 0.15) is 64.5 Å². The molecule has 2 bridgehead atoms. The van der Waals surface area contributed by atoms with Crippen molar-refractivity contribution in [2.45, 2.75) is 90.5 Å². The molecule has 0 radical (unpaired) electrons. The van der Waals surface area contributed by atoms with Gasteiger partial charge < -0.3 is 24.4 Å². The minimum absolute atomic E-state index is 0.0907. The molecule has 1 spiro atoms. The summed E-state index contributed by atoms with van der Waals surface area (Å²) in [4.78, 5) is 46.6. The van der Waals surface area contributed by atoms with Crippen LogP contribution in [0.4, 0.5) is 5.69 Å². The van der Waals surface area contributed by atoms with Crippen LogP contribution in [0, 0.1) is 37.5 Å². The highest BCUT2D eigenvalue weighted by Crippen LogP contribution is 2.66. The van der Waals surface area contributed by atoms with Crippen molar-refractivity contribution in [1.82, 2.24) is 4.90 Å². The molecule has 2 amide bonds. The first-order valence-electron chi connectivity index (χ1n) is 15.3. The number of hydrogen-bond donors (Lipinski definition) is 1. The SMILES string of the molecule is C=CCCCOC(=O)[C@@H]1[C@H]2C(=O)N([C@@H](CO)[C@@H](C)CC)C(C(=O)N(CC=C)c3c(C)cccc3C)C23CC(C)[C@@]1(C)O3. The fourth-order valence-corrected chi connectivity index (χ4v) is 7.78. The number of likely N-dealkylation sites (tertiary alicyclic amines) is 1. The molecule has 3 saturated heterocycles. The number of allylic oxidation sites excluding steroid dienone is 1. The number of aliphatic hydroxyl groups excluding tert-OH is 1. The van der Waals surface area contributed by atoms with Gasteiger partial charge in [-0.05, 0) is 63.0 Å². The fourth-order valence-electron chi connectivity index (χ4n) is 7.78. The second-order valence-electron chi connectivity index (χ2n) is 12.7. The Labute approximate surface area is 250 Å². The smallest absolute Gasteiger partial charge is 0.312 e. The number of para-hydroxylation sites is 1. The standard InChI is InChI=1S/C34H48N2O6/c1-9-12-13-18-41-32(40)27-26-30(38)36(25(20-37)21(4)11-3)29(34(26)19-24(7)33(27,8)42-34)31(39)35(17-10-2)28-22(5)15-14-16-23(28)6/h9-10,14-16,21,24-27,29,37H,1-2,11-13,17-20H2,3-8H3/t21-,24?,25-,26-,27-,29?,33+,34?/m0/s1. The molecule has 1 aromatic rings. The van der Waals surface area contributed by atoms with Gasteiger partial charge in [0.15, 0.2) is 0 Å². The quantitative estimate of drug-likeness (QED) is 0.206. The molecule has 230 valence electrons. The van der Waals surface area contributed by atoms with E-state index in [2.05, 4.69) is 13.2 Å². The Hall–Kier alpha value is -2.97. The summed E-state index contributed by atoms with van der Waals surface area (Å²) in [6, 6.07) is 4.22. The Morgan fingerprint density at radius 1 is 1.26 bits per heavy atom. The third-order valence-electron chi connectivity index (χ3n) is 10.2. The molecule has 3 heterocycles. The lowest BCUT2D eigenvalue weighted by Crippen LogP contribution is -2.60. The number of carbonyl (C=O) groups is 3. The van der Waals surface area contributed by atoms with Gasteiger partial charge >= 0.3 is 5.97 Å². The van der Waals surface area contributed by atoms with Gasteiger partial charge in [-0.25, -0.2) is 0 Å². The lowest BCUT2D eigenvalue weighted by atomic mass is 9.62. The van der Waals surface area contributed by atoms with E-state index in [1.165, 1.54) is 0 Å². The summed E-state index contributed by atoms with van der Waals surface area (Å²) >= 11 is 0. The van der Waals surface area contributed by atoms with Crippen molar-refractivity contribution in [3.05, 3.63) is 54.6 Å². The van der Waals surface area contributed by atoms with Gasteiger partial charge in [0, 0.05) is 12.2 Å². The van der Waals surface area contributed by atoms with Crippen LogP contribution in [-0.4, -0.2) is 70.8 Å². The molecule has 8 atom stereocenters. The lowest BCUT2D eigenvalue weighted by Gasteiger charge is -2.41. The van der Waals surface area contributed by atoms with Gasteiger partial charge in [0.25, 0.3) is 5.91 Å². The normalized spacial score (nSPS) is 31.0. The largest absolute Gasteiger partial charge is 0.465 e. The number of benzene rings is 1. The second-order valence-corrected chi connectivity index (χ2v) is 12.7. The van der Waals surface area contributed by atoms with Crippen LogP contribution in [0.5, 0.6) is 0 Å². The molecular formula is C34H48N2O6. The summed E-state index contributed by atoms with van der Waals surface area (Å²) < 4.78 is 12.6. The van der Waals surface area contributed by atoms with E-state index in [0.29, 0.717) is 25.7 Å². The van der Waals surface area contributed by atoms with Crippen LogP contribution in [0.3, 0.4) is 0 Å². The van der Waals surface area contributed by atoms with Crippen molar-refractivity contribution < 1.29 is 29.0 Å². The van der Waals surface area contributed by atoms with E-state index in [-0.39, 0.29) is 43.4 Å². The highest BCUT2D eigenvalue weighted by molar-refractivity contribution is 6.05. The number of anilines is 1. The topological polar surface area (TPSA) is 96.4 Å². The second kappa shape index (κ2) is 12.3. The van der Waals surface area contributed by atoms with Crippen molar-refractivity contribution in [3.63, 3.8) is 0 Å². The van der Waals surface area contributed by atoms with Gasteiger partial charge in [-0.3, -0.25) is 14.4 Å². The molecule has 3 aliphatic rings. The molecule has 4 rings (SSSR count). The van der Waals surface area contributed by atoms with Crippen LogP contribution < -0.4 is 4.90 Å². The maximum absolute atomic E-state index is 15.0. The average Bonchev–Trinajstić information content (AvgIpc) is 3.47. The third-order valence-corrected chi connectivity index (χ3v) is 10.2. The third kappa shape index (κ3) is 4.90. The van der Waals surface area contributed by atoms with Gasteiger partial charge in [0.2, 0.25) is 5.91 Å². The van der Waals surface area contributed by atoms with Crippen molar-refractivity contribution in [2.24, 2.45) is 23.7 Å². The monoisotopic (exact) mass is 580 g/mol. The zero-order chi connectivity index (χ0) is 31.0. The first-order chi connectivity index (χ1) is 19.9. The molecule has 0 aliphatic carbocycles. The predicted octanol–water partition coefficient (Wildman–Crippen LogP) is 4.75. The predicted molar refractivity (Wildman–Crippen MR) is 163 cm³/mol. The van der Waals surface area contributed by atoms with Gasteiger partial charge in [0.1, 0.15) is 17.6 Å². The highest BCUT2D eigenvalue weighted by atomic mass is 16.6. The molecule has 1 N–H and O–H groups in total. The Morgan fingerprint density at radius 2 is 1.93 bits per heavy atom. The molecule has 3 aliphatic heterocycles. The molecule has 3 fully saturated rings. The summed E-state index contributed by atoms with van der Waals surface area (Å²) in [5.74, 6) is -3.02. The molecular weight excluding hydrogens is 532 g/mol. The number of fused-ring (bicyclic) bond motifs is 1. The molecule has 8 nitrogen and oxygen atoms in total. The Kier molecular flexibility index (Phi) is 9.38. The molecule has 1 aromatic carbocycles. The van der Waals surface area contributed by atoms with E-state index >= 15 is 0 Å². The first kappa shape index (κ1) is 32.0. The summed E-state index contributed by atoms with van der Waals surface area (Å²) in [6.45, 7) is 19.6. The minimum atomic E-state index is -1.23. The molecule has 42 heavy (non-hydrogen) atoms. The number of hydrogen-bond acceptors (Lipinski definition) is 6. The molecule has 8 heteroatoms. The molecule has 0 saturated carbocycles. The summed E-state index contributed by atoms with van der Waals surface area (Å²) in [6.07, 6.45) is 5.95. The van der Waals surface area contributed by atoms with Crippen LogP contribution in [0.25, 0.3) is 0 Å². The van der Waals surface area contributed by atoms with Crippen molar-refractivity contribution in [2.75, 3.05) is 24.7 Å². The zero-order valence-electron chi connectivity index (χ0n) is 26.1. The van der Waals surface area contributed by atoms with E-state index in [4.69, 9.17) is 9.47 Å². The minimum Gasteiger partial charge on any atom is -0.465 e. The highest BCUT2D eigenvalue weighted by Gasteiger charge is 2.81. The Morgan fingerprint density at radius 3 is 2.50 bits per heavy atom. The van der Waals surface area contributed by atoms with Gasteiger partial charge in [-0.1, -0.05) is 57.5 Å². The average molecular weight is 581 g/mol. The Bertz CT molecular complexity index is 1210. The summed E-state index contributed by atoms with van der Waals surface area (Å²) in [5, 5.41) is 10.7. The first-order valence-corrected chi connectivity index (χ1v) is 15.3. The maximum Gasteiger partial charge on any atom is 0.312 e. The molecule has 0 aromatic heterocycles. The van der Waals surface area contributed by atoms with Gasteiger partial charge in [-0.15, -0.1) is 13.2 Å². The van der Waals surface area contributed by atoms with E-state index in [0.717, 1.165) is 16.8 Å².